The third kappa shape index (κ3) is 5.76. The van der Waals surface area contributed by atoms with Crippen LogP contribution in [0.2, 0.25) is 0 Å². The van der Waals surface area contributed by atoms with Crippen molar-refractivity contribution in [1.29, 1.82) is 0 Å². The minimum atomic E-state index is 0.0859. The van der Waals surface area contributed by atoms with Crippen LogP contribution in [0.3, 0.4) is 0 Å². The first kappa shape index (κ1) is 19.8. The van der Waals surface area contributed by atoms with Crippen LogP contribution in [0.25, 0.3) is 5.70 Å². The summed E-state index contributed by atoms with van der Waals surface area (Å²) in [6.45, 7) is 17.8. The van der Waals surface area contributed by atoms with Gasteiger partial charge < -0.3 is 5.32 Å². The van der Waals surface area contributed by atoms with Crippen molar-refractivity contribution in [3.63, 3.8) is 0 Å². The number of allylic oxidation sites excluding steroid dienone is 2. The van der Waals surface area contributed by atoms with Crippen LogP contribution in [-0.4, -0.2) is 6.04 Å². The second-order valence-corrected chi connectivity index (χ2v) is 9.11. The highest BCUT2D eigenvalue weighted by Gasteiger charge is 2.20. The maximum atomic E-state index is 4.35. The van der Waals surface area contributed by atoms with Crippen molar-refractivity contribution >= 4 is 5.70 Å². The molecule has 2 unspecified atom stereocenters. The molecular weight excluding hydrogens is 302 g/mol. The molecule has 1 aliphatic carbocycles. The molecule has 1 heteroatoms. The number of hydrogen-bond acceptors (Lipinski definition) is 1. The van der Waals surface area contributed by atoms with Gasteiger partial charge in [0.1, 0.15) is 0 Å². The van der Waals surface area contributed by atoms with Crippen LogP contribution in [0.4, 0.5) is 0 Å². The zero-order valence-corrected chi connectivity index (χ0v) is 17.2. The van der Waals surface area contributed by atoms with Crippen molar-refractivity contribution in [2.45, 2.75) is 79.7 Å². The van der Waals surface area contributed by atoms with Gasteiger partial charge in [0.2, 0.25) is 0 Å². The third-order valence-corrected chi connectivity index (χ3v) is 5.58. The summed E-state index contributed by atoms with van der Waals surface area (Å²) in [6.07, 6.45) is 8.86. The zero-order valence-electron chi connectivity index (χ0n) is 17.2. The summed E-state index contributed by atoms with van der Waals surface area (Å²) in [5.41, 5.74) is 6.47. The van der Waals surface area contributed by atoms with Gasteiger partial charge in [-0.15, -0.1) is 0 Å². The molecule has 0 aliphatic heterocycles. The summed E-state index contributed by atoms with van der Waals surface area (Å²) in [5.74, 6) is 0.865. The van der Waals surface area contributed by atoms with Crippen molar-refractivity contribution in [3.8, 4) is 0 Å². The lowest BCUT2D eigenvalue weighted by molar-refractivity contribution is 0.486. The predicted molar refractivity (Wildman–Crippen MR) is 112 cm³/mol. The molecule has 2 atom stereocenters. The highest BCUT2D eigenvalue weighted by atomic mass is 14.9. The van der Waals surface area contributed by atoms with Gasteiger partial charge in [-0.2, -0.15) is 0 Å². The monoisotopic (exact) mass is 339 g/mol. The van der Waals surface area contributed by atoms with Gasteiger partial charge in [0.15, 0.2) is 0 Å². The Bertz CT molecular complexity index is 630. The first-order valence-corrected chi connectivity index (χ1v) is 9.92. The Labute approximate surface area is 155 Å². The fourth-order valence-corrected chi connectivity index (χ4v) is 3.47. The lowest BCUT2D eigenvalue weighted by Crippen LogP contribution is -2.28. The van der Waals surface area contributed by atoms with Gasteiger partial charge in [-0.05, 0) is 67.7 Å². The van der Waals surface area contributed by atoms with Gasteiger partial charge in [0.05, 0.1) is 0 Å². The standard InChI is InChI=1S/C24H37N/c1-17-9-8-10-21(14-12-17)25-23(16-20(4)24(5,6)7)22-15-18(2)11-13-19(22)3/h11,13,15-17,21,25H,4,8-10,12,14H2,1-3,5-7H3/b23-16+. The fourth-order valence-electron chi connectivity index (χ4n) is 3.47. The van der Waals surface area contributed by atoms with E-state index in [2.05, 4.69) is 77.7 Å². The lowest BCUT2D eigenvalue weighted by Gasteiger charge is -2.25. The maximum absolute atomic E-state index is 4.35. The minimum Gasteiger partial charge on any atom is -0.382 e. The second kappa shape index (κ2) is 8.25. The molecule has 0 saturated heterocycles. The van der Waals surface area contributed by atoms with Crippen molar-refractivity contribution in [1.82, 2.24) is 5.32 Å². The summed E-state index contributed by atoms with van der Waals surface area (Å²) >= 11 is 0. The van der Waals surface area contributed by atoms with Gasteiger partial charge in [-0.1, -0.05) is 64.8 Å². The van der Waals surface area contributed by atoms with Gasteiger partial charge in [0.25, 0.3) is 0 Å². The molecular formula is C24H37N. The molecule has 1 saturated carbocycles. The Morgan fingerprint density at radius 3 is 2.52 bits per heavy atom. The van der Waals surface area contributed by atoms with Crippen LogP contribution in [0.1, 0.15) is 76.5 Å². The summed E-state index contributed by atoms with van der Waals surface area (Å²) in [4.78, 5) is 0. The van der Waals surface area contributed by atoms with Gasteiger partial charge in [-0.25, -0.2) is 0 Å². The average Bonchev–Trinajstić information content (AvgIpc) is 2.72. The maximum Gasteiger partial charge on any atom is 0.0421 e. The van der Waals surface area contributed by atoms with Gasteiger partial charge in [0, 0.05) is 17.3 Å². The molecule has 138 valence electrons. The molecule has 0 bridgehead atoms. The topological polar surface area (TPSA) is 12.0 Å². The Morgan fingerprint density at radius 2 is 1.84 bits per heavy atom. The van der Waals surface area contributed by atoms with Crippen LogP contribution < -0.4 is 5.32 Å². The highest BCUT2D eigenvalue weighted by Crippen LogP contribution is 2.30. The lowest BCUT2D eigenvalue weighted by atomic mass is 9.86. The van der Waals surface area contributed by atoms with E-state index in [4.69, 9.17) is 0 Å². The Kier molecular flexibility index (Phi) is 6.54. The summed E-state index contributed by atoms with van der Waals surface area (Å²) in [6, 6.07) is 7.31. The van der Waals surface area contributed by atoms with Crippen LogP contribution >= 0.6 is 0 Å². The van der Waals surface area contributed by atoms with E-state index in [0.717, 1.165) is 5.92 Å². The van der Waals surface area contributed by atoms with E-state index in [1.807, 2.05) is 0 Å². The highest BCUT2D eigenvalue weighted by molar-refractivity contribution is 5.70. The molecule has 0 amide bonds. The van der Waals surface area contributed by atoms with E-state index < -0.39 is 0 Å². The van der Waals surface area contributed by atoms with E-state index in [-0.39, 0.29) is 5.41 Å². The van der Waals surface area contributed by atoms with Crippen molar-refractivity contribution in [3.05, 3.63) is 53.1 Å². The molecule has 0 radical (unpaired) electrons. The van der Waals surface area contributed by atoms with Gasteiger partial charge in [-0.3, -0.25) is 0 Å². The second-order valence-electron chi connectivity index (χ2n) is 9.11. The predicted octanol–water partition coefficient (Wildman–Crippen LogP) is 6.81. The van der Waals surface area contributed by atoms with Crippen LogP contribution in [0.15, 0.2) is 36.4 Å². The van der Waals surface area contributed by atoms with Gasteiger partial charge >= 0.3 is 0 Å². The first-order valence-electron chi connectivity index (χ1n) is 9.92. The van der Waals surface area contributed by atoms with Crippen LogP contribution in [0, 0.1) is 25.2 Å². The van der Waals surface area contributed by atoms with E-state index in [1.54, 1.807) is 0 Å². The quantitative estimate of drug-likeness (QED) is 0.469. The molecule has 25 heavy (non-hydrogen) atoms. The largest absolute Gasteiger partial charge is 0.382 e. The van der Waals surface area contributed by atoms with E-state index in [0.29, 0.717) is 6.04 Å². The molecule has 1 aromatic carbocycles. The summed E-state index contributed by atoms with van der Waals surface area (Å²) < 4.78 is 0. The average molecular weight is 340 g/mol. The van der Waals surface area contributed by atoms with Crippen molar-refractivity contribution < 1.29 is 0 Å². The Morgan fingerprint density at radius 1 is 1.12 bits per heavy atom. The van der Waals surface area contributed by atoms with Crippen molar-refractivity contribution in [2.24, 2.45) is 11.3 Å². The molecule has 1 aromatic rings. The fraction of sp³-hybridized carbons (Fsp3) is 0.583. The van der Waals surface area contributed by atoms with Crippen molar-refractivity contribution in [2.75, 3.05) is 0 Å². The summed E-state index contributed by atoms with van der Waals surface area (Å²) in [5, 5.41) is 3.90. The normalized spacial score (nSPS) is 22.4. The molecule has 0 spiro atoms. The van der Waals surface area contributed by atoms with Crippen LogP contribution in [0.5, 0.6) is 0 Å². The molecule has 1 aliphatic rings. The number of benzene rings is 1. The number of rotatable bonds is 4. The number of hydrogen-bond donors (Lipinski definition) is 1. The minimum absolute atomic E-state index is 0.0859. The van der Waals surface area contributed by atoms with Crippen LogP contribution in [-0.2, 0) is 0 Å². The number of nitrogens with one attached hydrogen (secondary N) is 1. The molecule has 1 N–H and O–H groups in total. The molecule has 0 heterocycles. The molecule has 0 aromatic heterocycles. The zero-order chi connectivity index (χ0) is 18.6. The number of aryl methyl sites for hydroxylation is 2. The third-order valence-electron chi connectivity index (χ3n) is 5.58. The van der Waals surface area contributed by atoms with E-state index >= 15 is 0 Å². The Hall–Kier alpha value is -1.50. The van der Waals surface area contributed by atoms with E-state index in [1.165, 1.54) is 60.1 Å². The molecule has 1 nitrogen and oxygen atoms in total. The van der Waals surface area contributed by atoms with E-state index in [9.17, 15) is 0 Å². The summed E-state index contributed by atoms with van der Waals surface area (Å²) in [7, 11) is 0. The Balaban J connectivity index is 2.33. The molecule has 1 fully saturated rings. The first-order chi connectivity index (χ1) is 11.7. The SMILES string of the molecule is C=C(/C=C(/NC1CCCC(C)CC1)c1cc(C)ccc1C)C(C)(C)C. The smallest absolute Gasteiger partial charge is 0.0421 e. The molecule has 2 rings (SSSR count).